The van der Waals surface area contributed by atoms with Crippen LogP contribution < -0.4 is 21.0 Å². The van der Waals surface area contributed by atoms with Crippen molar-refractivity contribution in [2.24, 2.45) is 11.1 Å². The van der Waals surface area contributed by atoms with Crippen LogP contribution in [0.4, 0.5) is 24.5 Å². The number of benzene rings is 1. The first-order valence-electron chi connectivity index (χ1n) is 20.9. The molecule has 4 fully saturated rings. The third-order valence-electron chi connectivity index (χ3n) is 12.5. The van der Waals surface area contributed by atoms with Gasteiger partial charge in [-0.05, 0) is 62.4 Å². The lowest BCUT2D eigenvalue weighted by molar-refractivity contribution is -0.155. The van der Waals surface area contributed by atoms with Gasteiger partial charge in [-0.2, -0.15) is 13.2 Å². The smallest absolute Gasteiger partial charge is 0.406 e. The largest absolute Gasteiger partial charge is 0.464 e. The van der Waals surface area contributed by atoms with Crippen molar-refractivity contribution in [1.82, 2.24) is 24.9 Å². The minimum absolute atomic E-state index is 0.0128. The molecule has 17 heteroatoms. The summed E-state index contributed by atoms with van der Waals surface area (Å²) < 4.78 is 69.8. The number of ether oxygens (including phenoxy) is 4. The summed E-state index contributed by atoms with van der Waals surface area (Å²) in [6, 6.07) is 6.15. The second-order valence-corrected chi connectivity index (χ2v) is 17.5. The Balaban J connectivity index is 1.29. The van der Waals surface area contributed by atoms with Crippen molar-refractivity contribution < 1.29 is 41.7 Å². The number of nitrogens with zero attached hydrogens (tertiary/aromatic N) is 6. The monoisotopic (exact) mass is 826 g/mol. The number of hydrazine groups is 1. The van der Waals surface area contributed by atoms with Gasteiger partial charge in [0.25, 0.3) is 5.91 Å². The van der Waals surface area contributed by atoms with Gasteiger partial charge in [0, 0.05) is 80.5 Å². The van der Waals surface area contributed by atoms with E-state index in [1.807, 2.05) is 39.0 Å². The Kier molecular flexibility index (Phi) is 11.9. The quantitative estimate of drug-likeness (QED) is 0.359. The molecule has 3 N–H and O–H groups in total. The van der Waals surface area contributed by atoms with Crippen LogP contribution in [-0.2, 0) is 41.5 Å². The van der Waals surface area contributed by atoms with Gasteiger partial charge < -0.3 is 39.0 Å². The Morgan fingerprint density at radius 3 is 2.66 bits per heavy atom. The molecule has 59 heavy (non-hydrogen) atoms. The summed E-state index contributed by atoms with van der Waals surface area (Å²) in [5, 5.41) is 2.09. The van der Waals surface area contributed by atoms with E-state index >= 15 is 0 Å². The van der Waals surface area contributed by atoms with Crippen LogP contribution in [0.1, 0.15) is 57.4 Å². The summed E-state index contributed by atoms with van der Waals surface area (Å²) in [7, 11) is 1.57. The van der Waals surface area contributed by atoms with Crippen LogP contribution in [0.5, 0.6) is 0 Å². The SMILES string of the molecule is CO[C@@H](C)c1ncc(N2CCN3CCOC[C@@H]3C2)cc1-c1c2c3cc(ccc3n1CC(F)(F)F)N1CCO[C@@H](C[C@H](N)C(=O)N3CCC[C@H](N3)C(=O)OCC(C)(C)C2)C1. The van der Waals surface area contributed by atoms with E-state index < -0.39 is 42.3 Å². The van der Waals surface area contributed by atoms with Crippen LogP contribution in [0.3, 0.4) is 0 Å². The zero-order valence-corrected chi connectivity index (χ0v) is 34.4. The van der Waals surface area contributed by atoms with E-state index in [0.717, 1.165) is 31.0 Å². The fraction of sp³-hybridized carbons (Fsp3) is 0.643. The zero-order valence-electron chi connectivity index (χ0n) is 34.4. The Bertz CT molecular complexity index is 2030. The number of anilines is 2. The molecule has 1 amide bonds. The van der Waals surface area contributed by atoms with Crippen molar-refractivity contribution in [2.45, 2.75) is 89.5 Å². The Hall–Kier alpha value is -4.00. The number of carbonyl (C=O) groups excluding carboxylic acids is 2. The minimum Gasteiger partial charge on any atom is -0.464 e. The molecule has 2 aromatic heterocycles. The number of methoxy groups -OCH3 is 1. The van der Waals surface area contributed by atoms with E-state index in [2.05, 4.69) is 20.1 Å². The van der Waals surface area contributed by atoms with Crippen molar-refractivity contribution in [3.8, 4) is 11.3 Å². The highest BCUT2D eigenvalue weighted by Gasteiger charge is 2.38. The molecule has 3 aromatic rings. The number of aromatic nitrogens is 2. The molecule has 322 valence electrons. The van der Waals surface area contributed by atoms with Crippen molar-refractivity contribution >= 4 is 34.2 Å². The lowest BCUT2D eigenvalue weighted by atomic mass is 9.84. The first-order valence-corrected chi connectivity index (χ1v) is 20.9. The van der Waals surface area contributed by atoms with E-state index in [1.165, 1.54) is 9.58 Å². The number of rotatable bonds is 5. The molecule has 0 aliphatic carbocycles. The Morgan fingerprint density at radius 1 is 1.05 bits per heavy atom. The number of pyridine rings is 1. The van der Waals surface area contributed by atoms with Crippen LogP contribution in [-0.4, -0.2) is 141 Å². The van der Waals surface area contributed by atoms with Gasteiger partial charge in [0.05, 0.1) is 74.0 Å². The first kappa shape index (κ1) is 41.7. The molecule has 0 radical (unpaired) electrons. The van der Waals surface area contributed by atoms with Gasteiger partial charge in [-0.3, -0.25) is 24.5 Å². The van der Waals surface area contributed by atoms with Crippen molar-refractivity contribution in [1.29, 1.82) is 0 Å². The predicted octanol–water partition coefficient (Wildman–Crippen LogP) is 4.04. The number of nitrogens with two attached hydrogens (primary N) is 1. The highest BCUT2D eigenvalue weighted by atomic mass is 19.4. The van der Waals surface area contributed by atoms with E-state index in [4.69, 9.17) is 29.7 Å². The number of amides is 1. The van der Waals surface area contributed by atoms with Crippen LogP contribution >= 0.6 is 0 Å². The molecule has 4 saturated heterocycles. The van der Waals surface area contributed by atoms with Crippen LogP contribution in [0.2, 0.25) is 0 Å². The number of nitrogens with one attached hydrogen (secondary N) is 1. The number of hydrogen-bond donors (Lipinski definition) is 2. The van der Waals surface area contributed by atoms with Gasteiger partial charge in [0.15, 0.2) is 0 Å². The molecule has 6 bridgehead atoms. The van der Waals surface area contributed by atoms with Crippen molar-refractivity contribution in [3.63, 3.8) is 0 Å². The third-order valence-corrected chi connectivity index (χ3v) is 12.5. The van der Waals surface area contributed by atoms with Gasteiger partial charge in [0.1, 0.15) is 12.6 Å². The Morgan fingerprint density at radius 2 is 1.86 bits per heavy atom. The number of halogens is 3. The summed E-state index contributed by atoms with van der Waals surface area (Å²) >= 11 is 0. The maximum Gasteiger partial charge on any atom is 0.406 e. The minimum atomic E-state index is -4.56. The van der Waals surface area contributed by atoms with E-state index in [-0.39, 0.29) is 37.5 Å². The summed E-state index contributed by atoms with van der Waals surface area (Å²) in [5.41, 5.74) is 13.0. The van der Waals surface area contributed by atoms with Gasteiger partial charge >= 0.3 is 12.1 Å². The Labute approximate surface area is 343 Å². The standard InChI is InChI=1S/C42H57F3N8O6/c1-26(56-4)37-32(17-28(20-47-37)50-11-10-49-12-14-57-23-29(49)21-50)38-33-19-41(2,3)25-59-40(55)35-6-5-9-53(48-35)39(54)34(46)18-30-22-51(13-15-58-30)27-7-8-36(31(33)16-27)52(38)24-42(43,44)45/h7-8,16-17,20,26,29-30,34-35,48H,5-6,9-15,18-19,21-25,46H2,1-4H3/t26-,29-,30-,34-,35-/m0/s1. The van der Waals surface area contributed by atoms with E-state index in [9.17, 15) is 22.8 Å². The molecular weight excluding hydrogens is 770 g/mol. The molecule has 1 aromatic carbocycles. The maximum absolute atomic E-state index is 14.9. The fourth-order valence-electron chi connectivity index (χ4n) is 9.38. The molecular formula is C42H57F3N8O6. The lowest BCUT2D eigenvalue weighted by Gasteiger charge is -2.44. The lowest BCUT2D eigenvalue weighted by Crippen LogP contribution is -2.59. The summed E-state index contributed by atoms with van der Waals surface area (Å²) in [5.74, 6) is -0.824. The zero-order chi connectivity index (χ0) is 41.6. The van der Waals surface area contributed by atoms with Crippen LogP contribution in [0, 0.1) is 5.41 Å². The molecule has 7 heterocycles. The maximum atomic E-state index is 14.9. The van der Waals surface area contributed by atoms with Crippen molar-refractivity contribution in [3.05, 3.63) is 41.7 Å². The topological polar surface area (TPSA) is 140 Å². The van der Waals surface area contributed by atoms with Crippen molar-refractivity contribution in [2.75, 3.05) is 89.2 Å². The van der Waals surface area contributed by atoms with Gasteiger partial charge in [-0.15, -0.1) is 0 Å². The van der Waals surface area contributed by atoms with Crippen LogP contribution in [0.15, 0.2) is 30.5 Å². The fourth-order valence-corrected chi connectivity index (χ4v) is 9.38. The molecule has 0 spiro atoms. The predicted molar refractivity (Wildman–Crippen MR) is 216 cm³/mol. The van der Waals surface area contributed by atoms with Gasteiger partial charge in [0.2, 0.25) is 0 Å². The van der Waals surface area contributed by atoms with E-state index in [0.29, 0.717) is 92.3 Å². The molecule has 14 nitrogen and oxygen atoms in total. The van der Waals surface area contributed by atoms with Gasteiger partial charge in [-0.1, -0.05) is 13.8 Å². The number of hydrogen-bond acceptors (Lipinski definition) is 12. The molecule has 5 aliphatic rings. The molecule has 5 atom stereocenters. The number of morpholine rings is 2. The normalized spacial score (nSPS) is 26.7. The molecule has 0 unspecified atom stereocenters. The highest BCUT2D eigenvalue weighted by Crippen LogP contribution is 2.44. The first-order chi connectivity index (χ1) is 28.2. The summed E-state index contributed by atoms with van der Waals surface area (Å²) in [4.78, 5) is 38.9. The molecule has 5 aliphatic heterocycles. The number of esters is 1. The highest BCUT2D eigenvalue weighted by molar-refractivity contribution is 5.95. The number of alkyl halides is 3. The number of carbonyl (C=O) groups is 2. The second kappa shape index (κ2) is 16.8. The summed E-state index contributed by atoms with van der Waals surface area (Å²) in [6.07, 6.45) is -2.08. The van der Waals surface area contributed by atoms with E-state index in [1.54, 1.807) is 19.4 Å². The number of piperazine rings is 1. The average molecular weight is 827 g/mol. The van der Waals surface area contributed by atoms with Gasteiger partial charge in [-0.25, -0.2) is 5.43 Å². The molecule has 8 rings (SSSR count). The average Bonchev–Trinajstić information content (AvgIpc) is 3.51. The number of fused-ring (bicyclic) bond motifs is 7. The van der Waals surface area contributed by atoms with Crippen LogP contribution in [0.25, 0.3) is 22.2 Å². The number of cyclic esters (lactones) is 1. The third kappa shape index (κ3) is 8.91. The summed E-state index contributed by atoms with van der Waals surface area (Å²) in [6.45, 7) is 10.8. The second-order valence-electron chi connectivity index (χ2n) is 17.5. The molecule has 0 saturated carbocycles.